The first-order chi connectivity index (χ1) is 12.2. The molecule has 5 nitrogen and oxygen atoms in total. The van der Waals surface area contributed by atoms with Crippen LogP contribution in [0.5, 0.6) is 0 Å². The van der Waals surface area contributed by atoms with Crippen LogP contribution in [-0.4, -0.2) is 31.7 Å². The summed E-state index contributed by atoms with van der Waals surface area (Å²) in [5, 5.41) is 2.62. The smallest absolute Gasteiger partial charge is 0.246 e. The summed E-state index contributed by atoms with van der Waals surface area (Å²) < 4.78 is 52.8. The zero-order chi connectivity index (χ0) is 19.3. The van der Waals surface area contributed by atoms with E-state index >= 15 is 0 Å². The molecule has 1 amide bonds. The van der Waals surface area contributed by atoms with Gasteiger partial charge in [-0.2, -0.15) is 4.31 Å². The fourth-order valence-electron chi connectivity index (χ4n) is 2.21. The molecule has 0 heterocycles. The number of rotatable bonds is 7. The highest BCUT2D eigenvalue weighted by atomic mass is 35.5. The molecule has 2 aromatic rings. The van der Waals surface area contributed by atoms with Gasteiger partial charge in [-0.1, -0.05) is 30.7 Å². The van der Waals surface area contributed by atoms with Gasteiger partial charge in [-0.25, -0.2) is 17.2 Å². The lowest BCUT2D eigenvalue weighted by Crippen LogP contribution is -2.40. The van der Waals surface area contributed by atoms with Gasteiger partial charge >= 0.3 is 0 Å². The number of nitrogens with zero attached hydrogens (tertiary/aromatic N) is 1. The average Bonchev–Trinajstić information content (AvgIpc) is 2.58. The maximum absolute atomic E-state index is 14.0. The maximum Gasteiger partial charge on any atom is 0.246 e. The van der Waals surface area contributed by atoms with E-state index in [1.807, 2.05) is 0 Å². The molecule has 9 heteroatoms. The summed E-state index contributed by atoms with van der Waals surface area (Å²) >= 11 is 5.64. The van der Waals surface area contributed by atoms with Crippen molar-refractivity contribution in [3.63, 3.8) is 0 Å². The number of likely N-dealkylation sites (N-methyl/N-ethyl adjacent to an activating group) is 1. The molecule has 26 heavy (non-hydrogen) atoms. The molecule has 0 bridgehead atoms. The predicted octanol–water partition coefficient (Wildman–Crippen LogP) is 2.95. The highest BCUT2D eigenvalue weighted by Crippen LogP contribution is 2.22. The summed E-state index contributed by atoms with van der Waals surface area (Å²) in [7, 11) is -4.19. The van der Waals surface area contributed by atoms with Crippen LogP contribution in [0.15, 0.2) is 47.4 Å². The number of sulfonamides is 1. The molecule has 2 rings (SSSR count). The van der Waals surface area contributed by atoms with E-state index in [-0.39, 0.29) is 18.1 Å². The van der Waals surface area contributed by atoms with E-state index in [0.717, 1.165) is 16.4 Å². The van der Waals surface area contributed by atoms with Crippen molar-refractivity contribution in [1.29, 1.82) is 0 Å². The van der Waals surface area contributed by atoms with E-state index in [9.17, 15) is 22.0 Å². The second-order valence-corrected chi connectivity index (χ2v) is 7.75. The first-order valence-corrected chi connectivity index (χ1v) is 9.52. The monoisotopic (exact) mass is 402 g/mol. The van der Waals surface area contributed by atoms with Crippen molar-refractivity contribution in [1.82, 2.24) is 9.62 Å². The van der Waals surface area contributed by atoms with Crippen LogP contribution in [0, 0.1) is 11.6 Å². The van der Waals surface area contributed by atoms with Gasteiger partial charge in [-0.15, -0.1) is 0 Å². The molecule has 0 saturated carbocycles. The number of carbonyl (C=O) groups is 1. The van der Waals surface area contributed by atoms with Crippen molar-refractivity contribution in [2.24, 2.45) is 0 Å². The SMILES string of the molecule is CCN(CC(=O)NCc1ccc(F)cc1)S(=O)(=O)c1ccc(Cl)cc1F. The number of hydrogen-bond donors (Lipinski definition) is 1. The number of halogens is 3. The Balaban J connectivity index is 2.07. The molecule has 0 spiro atoms. The summed E-state index contributed by atoms with van der Waals surface area (Å²) in [5.74, 6) is -1.94. The Morgan fingerprint density at radius 3 is 2.38 bits per heavy atom. The zero-order valence-corrected chi connectivity index (χ0v) is 15.4. The predicted molar refractivity (Wildman–Crippen MR) is 94.1 cm³/mol. The molecule has 0 aliphatic heterocycles. The van der Waals surface area contributed by atoms with E-state index in [4.69, 9.17) is 11.6 Å². The average molecular weight is 403 g/mol. The highest BCUT2D eigenvalue weighted by Gasteiger charge is 2.28. The van der Waals surface area contributed by atoms with Crippen LogP contribution < -0.4 is 5.32 Å². The van der Waals surface area contributed by atoms with Gasteiger partial charge in [0.1, 0.15) is 16.5 Å². The number of carbonyl (C=O) groups excluding carboxylic acids is 1. The van der Waals surface area contributed by atoms with Gasteiger partial charge in [0, 0.05) is 18.1 Å². The summed E-state index contributed by atoms with van der Waals surface area (Å²) in [5.41, 5.74) is 0.661. The third kappa shape index (κ3) is 5.00. The molecule has 0 saturated heterocycles. The largest absolute Gasteiger partial charge is 0.351 e. The molecule has 0 radical (unpaired) electrons. The summed E-state index contributed by atoms with van der Waals surface area (Å²) in [6.07, 6.45) is 0. The zero-order valence-electron chi connectivity index (χ0n) is 13.9. The Labute approximate surface area is 155 Å². The Hall–Kier alpha value is -2.03. The van der Waals surface area contributed by atoms with E-state index in [2.05, 4.69) is 5.32 Å². The maximum atomic E-state index is 14.0. The molecular weight excluding hydrogens is 386 g/mol. The molecular formula is C17H17ClF2N2O3S. The normalized spacial score (nSPS) is 11.6. The first kappa shape index (κ1) is 20.3. The number of nitrogens with one attached hydrogen (secondary N) is 1. The number of benzene rings is 2. The van der Waals surface area contributed by atoms with E-state index in [1.54, 1.807) is 6.92 Å². The Morgan fingerprint density at radius 2 is 1.81 bits per heavy atom. The molecule has 140 valence electrons. The second-order valence-electron chi connectivity index (χ2n) is 5.41. The minimum absolute atomic E-state index is 0.0195. The van der Waals surface area contributed by atoms with Gasteiger partial charge in [-0.3, -0.25) is 4.79 Å². The van der Waals surface area contributed by atoms with Crippen molar-refractivity contribution in [2.75, 3.05) is 13.1 Å². The number of hydrogen-bond acceptors (Lipinski definition) is 3. The lowest BCUT2D eigenvalue weighted by Gasteiger charge is -2.20. The third-order valence-corrected chi connectivity index (χ3v) is 5.78. The molecule has 0 fully saturated rings. The van der Waals surface area contributed by atoms with Gasteiger partial charge in [0.2, 0.25) is 15.9 Å². The van der Waals surface area contributed by atoms with E-state index in [1.165, 1.54) is 30.3 Å². The lowest BCUT2D eigenvalue weighted by atomic mass is 10.2. The molecule has 2 aromatic carbocycles. The summed E-state index contributed by atoms with van der Waals surface area (Å²) in [4.78, 5) is 11.5. The van der Waals surface area contributed by atoms with Crippen LogP contribution in [0.2, 0.25) is 5.02 Å². The molecule has 0 aromatic heterocycles. The van der Waals surface area contributed by atoms with Crippen LogP contribution in [0.25, 0.3) is 0 Å². The Morgan fingerprint density at radius 1 is 1.15 bits per heavy atom. The van der Waals surface area contributed by atoms with Gasteiger partial charge in [0.15, 0.2) is 0 Å². The molecule has 0 aliphatic carbocycles. The fraction of sp³-hybridized carbons (Fsp3) is 0.235. The van der Waals surface area contributed by atoms with Crippen molar-refractivity contribution >= 4 is 27.5 Å². The Bertz CT molecular complexity index is 889. The topological polar surface area (TPSA) is 66.5 Å². The highest BCUT2D eigenvalue weighted by molar-refractivity contribution is 7.89. The quantitative estimate of drug-likeness (QED) is 0.774. The van der Waals surface area contributed by atoms with Crippen LogP contribution in [0.4, 0.5) is 8.78 Å². The molecule has 0 atom stereocenters. The fourth-order valence-corrected chi connectivity index (χ4v) is 3.82. The lowest BCUT2D eigenvalue weighted by molar-refractivity contribution is -0.121. The van der Waals surface area contributed by atoms with Gasteiger partial charge in [-0.05, 0) is 35.9 Å². The summed E-state index contributed by atoms with van der Waals surface area (Å²) in [6.45, 7) is 1.17. The Kier molecular flexibility index (Phi) is 6.69. The van der Waals surface area contributed by atoms with Crippen LogP contribution in [0.1, 0.15) is 12.5 Å². The van der Waals surface area contributed by atoms with Gasteiger partial charge in [0.25, 0.3) is 0 Å². The van der Waals surface area contributed by atoms with Gasteiger partial charge < -0.3 is 5.32 Å². The van der Waals surface area contributed by atoms with Crippen molar-refractivity contribution in [2.45, 2.75) is 18.4 Å². The van der Waals surface area contributed by atoms with Crippen LogP contribution in [0.3, 0.4) is 0 Å². The van der Waals surface area contributed by atoms with Gasteiger partial charge in [0.05, 0.1) is 6.54 Å². The van der Waals surface area contributed by atoms with E-state index in [0.29, 0.717) is 5.56 Å². The minimum Gasteiger partial charge on any atom is -0.351 e. The van der Waals surface area contributed by atoms with Crippen molar-refractivity contribution in [3.8, 4) is 0 Å². The van der Waals surface area contributed by atoms with E-state index < -0.39 is 39.0 Å². The van der Waals surface area contributed by atoms with Crippen molar-refractivity contribution in [3.05, 3.63) is 64.7 Å². The third-order valence-electron chi connectivity index (χ3n) is 3.59. The summed E-state index contributed by atoms with van der Waals surface area (Å²) in [6, 6.07) is 8.75. The number of amides is 1. The second kappa shape index (κ2) is 8.57. The van der Waals surface area contributed by atoms with Crippen LogP contribution >= 0.6 is 11.6 Å². The van der Waals surface area contributed by atoms with Crippen LogP contribution in [-0.2, 0) is 21.4 Å². The molecule has 1 N–H and O–H groups in total. The molecule has 0 unspecified atom stereocenters. The standard InChI is InChI=1S/C17H17ClF2N2O3S/c1-2-22(26(24,25)16-8-5-13(18)9-15(16)20)11-17(23)21-10-12-3-6-14(19)7-4-12/h3-9H,2,10-11H2,1H3,(H,21,23). The minimum atomic E-state index is -4.19. The molecule has 0 aliphatic rings. The van der Waals surface area contributed by atoms with Crippen molar-refractivity contribution < 1.29 is 22.0 Å². The first-order valence-electron chi connectivity index (χ1n) is 7.70.